The van der Waals surface area contributed by atoms with E-state index in [-0.39, 0.29) is 17.7 Å². The van der Waals surface area contributed by atoms with Crippen LogP contribution in [0.3, 0.4) is 0 Å². The number of nitrogens with one attached hydrogen (secondary N) is 3. The van der Waals surface area contributed by atoms with E-state index in [4.69, 9.17) is 4.74 Å². The van der Waals surface area contributed by atoms with E-state index in [2.05, 4.69) is 20.6 Å². The van der Waals surface area contributed by atoms with Gasteiger partial charge in [0.15, 0.2) is 0 Å². The number of hydrogen-bond donors (Lipinski definition) is 3. The minimum absolute atomic E-state index is 0.0181. The zero-order valence-electron chi connectivity index (χ0n) is 21.5. The van der Waals surface area contributed by atoms with E-state index in [0.29, 0.717) is 38.1 Å². The maximum absolute atomic E-state index is 13.9. The molecule has 1 aliphatic rings. The molecule has 196 valence electrons. The zero-order chi connectivity index (χ0) is 26.1. The molecule has 3 rings (SSSR count). The molecule has 2 aromatic rings. The average Bonchev–Trinajstić information content (AvgIpc) is 3.40. The number of aromatic nitrogens is 2. The van der Waals surface area contributed by atoms with Crippen LogP contribution in [0.4, 0.5) is 0 Å². The molecular weight excluding hydrogens is 478 g/mol. The fraction of sp³-hybridized carbons (Fsp3) is 0.538. The van der Waals surface area contributed by atoms with Gasteiger partial charge in [0, 0.05) is 37.8 Å². The number of benzene rings is 1. The van der Waals surface area contributed by atoms with Gasteiger partial charge in [-0.1, -0.05) is 38.1 Å². The summed E-state index contributed by atoms with van der Waals surface area (Å²) in [5, 5.41) is 6.25. The van der Waals surface area contributed by atoms with Gasteiger partial charge in [-0.25, -0.2) is 9.78 Å². The molecule has 0 unspecified atom stereocenters. The van der Waals surface area contributed by atoms with Crippen molar-refractivity contribution in [1.82, 2.24) is 25.5 Å². The van der Waals surface area contributed by atoms with Crippen molar-refractivity contribution in [3.8, 4) is 0 Å². The number of H-pyrrole nitrogens is 1. The third kappa shape index (κ3) is 7.10. The molecule has 3 N–H and O–H groups in total. The predicted molar refractivity (Wildman–Crippen MR) is 140 cm³/mol. The SMILES string of the molecule is COC(=O)[C@H](CCSC)NC(=O)[C@@H]1Cc2ccccc2CN1C(=O)[C@@H](NCCc1cnc[nH]1)C(C)C. The summed E-state index contributed by atoms with van der Waals surface area (Å²) < 4.78 is 4.91. The Morgan fingerprint density at radius 1 is 1.25 bits per heavy atom. The van der Waals surface area contributed by atoms with Gasteiger partial charge in [0.2, 0.25) is 11.8 Å². The highest BCUT2D eigenvalue weighted by molar-refractivity contribution is 7.98. The molecule has 0 aliphatic carbocycles. The van der Waals surface area contributed by atoms with Crippen molar-refractivity contribution in [2.24, 2.45) is 5.92 Å². The smallest absolute Gasteiger partial charge is 0.328 e. The van der Waals surface area contributed by atoms with Gasteiger partial charge in [-0.3, -0.25) is 9.59 Å². The van der Waals surface area contributed by atoms with Crippen molar-refractivity contribution in [2.75, 3.05) is 25.7 Å². The number of carbonyl (C=O) groups excluding carboxylic acids is 3. The summed E-state index contributed by atoms with van der Waals surface area (Å²) >= 11 is 1.59. The second-order valence-corrected chi connectivity index (χ2v) is 10.3. The topological polar surface area (TPSA) is 116 Å². The first-order valence-electron chi connectivity index (χ1n) is 12.3. The minimum Gasteiger partial charge on any atom is -0.467 e. The van der Waals surface area contributed by atoms with Gasteiger partial charge in [0.05, 0.1) is 19.5 Å². The third-order valence-electron chi connectivity index (χ3n) is 6.49. The lowest BCUT2D eigenvalue weighted by Crippen LogP contribution is -2.59. The number of fused-ring (bicyclic) bond motifs is 1. The van der Waals surface area contributed by atoms with Gasteiger partial charge in [0.1, 0.15) is 12.1 Å². The molecule has 1 aromatic heterocycles. The first-order chi connectivity index (χ1) is 17.3. The molecule has 0 bridgehead atoms. The molecule has 0 radical (unpaired) electrons. The normalized spacial score (nSPS) is 16.8. The molecule has 2 heterocycles. The summed E-state index contributed by atoms with van der Waals surface area (Å²) in [7, 11) is 1.31. The summed E-state index contributed by atoms with van der Waals surface area (Å²) in [6.07, 6.45) is 6.91. The molecule has 36 heavy (non-hydrogen) atoms. The van der Waals surface area contributed by atoms with Gasteiger partial charge >= 0.3 is 5.97 Å². The molecule has 0 saturated carbocycles. The van der Waals surface area contributed by atoms with Crippen LogP contribution < -0.4 is 10.6 Å². The number of esters is 1. The average molecular weight is 516 g/mol. The molecule has 0 saturated heterocycles. The van der Waals surface area contributed by atoms with Crippen molar-refractivity contribution < 1.29 is 19.1 Å². The Kier molecular flexibility index (Phi) is 10.4. The Hall–Kier alpha value is -2.85. The number of aromatic amines is 1. The van der Waals surface area contributed by atoms with Crippen LogP contribution in [0, 0.1) is 5.92 Å². The second-order valence-electron chi connectivity index (χ2n) is 9.32. The van der Waals surface area contributed by atoms with Crippen molar-refractivity contribution in [1.29, 1.82) is 0 Å². The van der Waals surface area contributed by atoms with Crippen LogP contribution in [-0.2, 0) is 38.5 Å². The Morgan fingerprint density at radius 3 is 2.64 bits per heavy atom. The van der Waals surface area contributed by atoms with Crippen LogP contribution in [0.15, 0.2) is 36.8 Å². The van der Waals surface area contributed by atoms with E-state index in [1.54, 1.807) is 29.2 Å². The number of carbonyl (C=O) groups is 3. The van der Waals surface area contributed by atoms with E-state index in [0.717, 1.165) is 16.8 Å². The fourth-order valence-electron chi connectivity index (χ4n) is 4.45. The van der Waals surface area contributed by atoms with Crippen molar-refractivity contribution in [3.05, 3.63) is 53.6 Å². The van der Waals surface area contributed by atoms with Crippen molar-refractivity contribution in [3.63, 3.8) is 0 Å². The number of methoxy groups -OCH3 is 1. The molecule has 3 atom stereocenters. The van der Waals surface area contributed by atoms with Crippen LogP contribution in [-0.4, -0.2) is 76.4 Å². The maximum atomic E-state index is 13.9. The highest BCUT2D eigenvalue weighted by atomic mass is 32.2. The monoisotopic (exact) mass is 515 g/mol. The summed E-state index contributed by atoms with van der Waals surface area (Å²) in [6, 6.07) is 5.94. The Morgan fingerprint density at radius 2 is 2.00 bits per heavy atom. The summed E-state index contributed by atoms with van der Waals surface area (Å²) in [4.78, 5) is 48.5. The molecule has 9 nitrogen and oxygen atoms in total. The Balaban J connectivity index is 1.80. The number of rotatable bonds is 12. The molecule has 10 heteroatoms. The number of ether oxygens (including phenoxy) is 1. The van der Waals surface area contributed by atoms with Gasteiger partial charge < -0.3 is 25.3 Å². The molecule has 0 fully saturated rings. The number of thioether (sulfide) groups is 1. The number of hydrogen-bond acceptors (Lipinski definition) is 7. The Labute approximate surface area is 217 Å². The molecule has 1 aromatic carbocycles. The maximum Gasteiger partial charge on any atom is 0.328 e. The molecular formula is C26H37N5O4S. The highest BCUT2D eigenvalue weighted by Crippen LogP contribution is 2.25. The first-order valence-corrected chi connectivity index (χ1v) is 13.7. The fourth-order valence-corrected chi connectivity index (χ4v) is 4.93. The predicted octanol–water partition coefficient (Wildman–Crippen LogP) is 1.93. The summed E-state index contributed by atoms with van der Waals surface area (Å²) in [5.41, 5.74) is 3.05. The van der Waals surface area contributed by atoms with E-state index in [1.165, 1.54) is 7.11 Å². The minimum atomic E-state index is -0.752. The van der Waals surface area contributed by atoms with E-state index in [1.807, 2.05) is 44.4 Å². The summed E-state index contributed by atoms with van der Waals surface area (Å²) in [5.74, 6) is -0.222. The molecule has 0 spiro atoms. The van der Waals surface area contributed by atoms with Crippen molar-refractivity contribution in [2.45, 2.75) is 57.8 Å². The van der Waals surface area contributed by atoms with Crippen LogP contribution in [0.2, 0.25) is 0 Å². The lowest BCUT2D eigenvalue weighted by molar-refractivity contribution is -0.148. The number of nitrogens with zero attached hydrogens (tertiary/aromatic N) is 2. The number of amides is 2. The lowest BCUT2D eigenvalue weighted by Gasteiger charge is -2.39. The van der Waals surface area contributed by atoms with E-state index >= 15 is 0 Å². The lowest BCUT2D eigenvalue weighted by atomic mass is 9.91. The summed E-state index contributed by atoms with van der Waals surface area (Å²) in [6.45, 7) is 4.92. The van der Waals surface area contributed by atoms with Crippen LogP contribution in [0.5, 0.6) is 0 Å². The molecule has 2 amide bonds. The van der Waals surface area contributed by atoms with Crippen LogP contribution in [0.1, 0.15) is 37.1 Å². The van der Waals surface area contributed by atoms with Gasteiger partial charge in [-0.2, -0.15) is 11.8 Å². The quantitative estimate of drug-likeness (QED) is 0.370. The van der Waals surface area contributed by atoms with Gasteiger partial charge in [-0.05, 0) is 35.5 Å². The van der Waals surface area contributed by atoms with E-state index < -0.39 is 24.1 Å². The second kappa shape index (κ2) is 13.5. The van der Waals surface area contributed by atoms with E-state index in [9.17, 15) is 14.4 Å². The zero-order valence-corrected chi connectivity index (χ0v) is 22.3. The van der Waals surface area contributed by atoms with Gasteiger partial charge in [-0.15, -0.1) is 0 Å². The van der Waals surface area contributed by atoms with Crippen molar-refractivity contribution >= 4 is 29.5 Å². The largest absolute Gasteiger partial charge is 0.467 e. The molecule has 1 aliphatic heterocycles. The van der Waals surface area contributed by atoms with Crippen LogP contribution in [0.25, 0.3) is 0 Å². The standard InChI is InChI=1S/C26H37N5O4S/c1-17(2)23(28-11-9-20-14-27-16-29-20)25(33)31-15-19-8-6-5-7-18(19)13-22(31)24(32)30-21(10-12-36-4)26(34)35-3/h5-8,14,16-17,21-23,28H,9-13,15H2,1-4H3,(H,27,29)(H,30,32)/t21-,22-,23-/m0/s1. The first kappa shape index (κ1) is 27.7. The van der Waals surface area contributed by atoms with Gasteiger partial charge in [0.25, 0.3) is 0 Å². The third-order valence-corrected chi connectivity index (χ3v) is 7.14. The highest BCUT2D eigenvalue weighted by Gasteiger charge is 2.39. The van der Waals surface area contributed by atoms with Crippen LogP contribution >= 0.6 is 11.8 Å². The Bertz CT molecular complexity index is 1010. The number of imidazole rings is 1.